The lowest BCUT2D eigenvalue weighted by molar-refractivity contribution is 0.101. The molecule has 2 heterocycles. The van der Waals surface area contributed by atoms with Gasteiger partial charge in [-0.05, 0) is 50.7 Å². The summed E-state index contributed by atoms with van der Waals surface area (Å²) in [5.41, 5.74) is 0.406. The van der Waals surface area contributed by atoms with Crippen LogP contribution in [0.5, 0.6) is 0 Å². The molecule has 0 spiro atoms. The lowest BCUT2D eigenvalue weighted by atomic mass is 9.96. The lowest BCUT2D eigenvalue weighted by Crippen LogP contribution is -2.40. The molecule has 7 nitrogen and oxygen atoms in total. The fraction of sp³-hybridized carbons (Fsp3) is 0.526. The van der Waals surface area contributed by atoms with Crippen molar-refractivity contribution in [1.82, 2.24) is 14.4 Å². The first-order valence-electron chi connectivity index (χ1n) is 9.37. The van der Waals surface area contributed by atoms with Gasteiger partial charge in [0.05, 0.1) is 4.90 Å². The smallest absolute Gasteiger partial charge is 0.243 e. The molecule has 1 atom stereocenters. The summed E-state index contributed by atoms with van der Waals surface area (Å²) in [6, 6.07) is 6.25. The van der Waals surface area contributed by atoms with Gasteiger partial charge in [-0.3, -0.25) is 4.79 Å². The minimum Gasteiger partial charge on any atom is -0.339 e. The average molecular weight is 389 g/mol. The molecule has 1 aromatic carbocycles. The van der Waals surface area contributed by atoms with E-state index in [4.69, 9.17) is 4.52 Å². The zero-order valence-corrected chi connectivity index (χ0v) is 16.1. The van der Waals surface area contributed by atoms with E-state index >= 15 is 0 Å². The molecule has 1 aliphatic heterocycles. The highest BCUT2D eigenvalue weighted by molar-refractivity contribution is 7.89. The topological polar surface area (TPSA) is 93.4 Å². The van der Waals surface area contributed by atoms with Crippen LogP contribution in [0, 0.1) is 5.92 Å². The number of nitrogens with zero attached hydrogens (tertiary/aromatic N) is 3. The number of hydrogen-bond donors (Lipinski definition) is 0. The number of benzene rings is 1. The van der Waals surface area contributed by atoms with E-state index in [1.165, 1.54) is 17.3 Å². The van der Waals surface area contributed by atoms with Crippen molar-refractivity contribution in [2.45, 2.75) is 49.8 Å². The van der Waals surface area contributed by atoms with E-state index in [9.17, 15) is 13.2 Å². The maximum atomic E-state index is 13.0. The molecule has 2 aromatic rings. The van der Waals surface area contributed by atoms with E-state index in [0.717, 1.165) is 31.5 Å². The van der Waals surface area contributed by atoms with Crippen LogP contribution in [0.4, 0.5) is 0 Å². The van der Waals surface area contributed by atoms with Crippen LogP contribution in [0.15, 0.2) is 33.7 Å². The minimum absolute atomic E-state index is 0.147. The van der Waals surface area contributed by atoms with E-state index in [1.54, 1.807) is 18.2 Å². The van der Waals surface area contributed by atoms with Gasteiger partial charge in [0.25, 0.3) is 0 Å². The second-order valence-corrected chi connectivity index (χ2v) is 9.42. The molecule has 0 amide bonds. The predicted octanol–water partition coefficient (Wildman–Crippen LogP) is 2.79. The van der Waals surface area contributed by atoms with Crippen molar-refractivity contribution in [3.05, 3.63) is 41.5 Å². The first-order valence-corrected chi connectivity index (χ1v) is 10.8. The van der Waals surface area contributed by atoms with Crippen LogP contribution in [0.3, 0.4) is 0 Å². The Balaban J connectivity index is 1.47. The number of ketones is 1. The Morgan fingerprint density at radius 1 is 1.30 bits per heavy atom. The number of sulfonamides is 1. The third-order valence-electron chi connectivity index (χ3n) is 5.25. The van der Waals surface area contributed by atoms with E-state index in [-0.39, 0.29) is 16.6 Å². The highest BCUT2D eigenvalue weighted by Crippen LogP contribution is 2.38. The number of aromatic nitrogens is 2. The molecule has 2 fully saturated rings. The van der Waals surface area contributed by atoms with Crippen LogP contribution in [0.2, 0.25) is 0 Å². The number of piperidine rings is 1. The first kappa shape index (κ1) is 18.3. The molecule has 1 aromatic heterocycles. The molecule has 0 bridgehead atoms. The highest BCUT2D eigenvalue weighted by Gasteiger charge is 2.33. The van der Waals surface area contributed by atoms with Crippen LogP contribution in [-0.4, -0.2) is 41.7 Å². The fourth-order valence-corrected chi connectivity index (χ4v) is 5.14. The van der Waals surface area contributed by atoms with Crippen LogP contribution in [0.1, 0.15) is 60.6 Å². The summed E-state index contributed by atoms with van der Waals surface area (Å²) in [7, 11) is -3.63. The van der Waals surface area contributed by atoms with Gasteiger partial charge in [0.1, 0.15) is 0 Å². The molecule has 27 heavy (non-hydrogen) atoms. The molecule has 1 saturated carbocycles. The Kier molecular flexibility index (Phi) is 4.86. The van der Waals surface area contributed by atoms with Crippen molar-refractivity contribution < 1.29 is 17.7 Å². The summed E-state index contributed by atoms with van der Waals surface area (Å²) in [6.45, 7) is 2.34. The van der Waals surface area contributed by atoms with Gasteiger partial charge in [-0.15, -0.1) is 0 Å². The van der Waals surface area contributed by atoms with E-state index in [0.29, 0.717) is 36.9 Å². The van der Waals surface area contributed by atoms with Gasteiger partial charge in [-0.25, -0.2) is 8.42 Å². The Morgan fingerprint density at radius 3 is 2.85 bits per heavy atom. The minimum atomic E-state index is -3.63. The predicted molar refractivity (Wildman–Crippen MR) is 97.9 cm³/mol. The van der Waals surface area contributed by atoms with E-state index < -0.39 is 10.0 Å². The van der Waals surface area contributed by atoms with Gasteiger partial charge in [0.15, 0.2) is 11.6 Å². The molecular weight excluding hydrogens is 366 g/mol. The molecule has 144 valence electrons. The quantitative estimate of drug-likeness (QED) is 0.705. The molecule has 2 aliphatic rings. The van der Waals surface area contributed by atoms with Crippen molar-refractivity contribution in [2.24, 2.45) is 5.92 Å². The third kappa shape index (κ3) is 3.96. The van der Waals surface area contributed by atoms with Gasteiger partial charge in [-0.2, -0.15) is 9.29 Å². The largest absolute Gasteiger partial charge is 0.339 e. The average Bonchev–Trinajstić information content (AvgIpc) is 3.42. The highest BCUT2D eigenvalue weighted by atomic mass is 32.2. The summed E-state index contributed by atoms with van der Waals surface area (Å²) in [5.74, 6) is 1.83. The van der Waals surface area contributed by atoms with Crippen molar-refractivity contribution in [3.8, 4) is 0 Å². The van der Waals surface area contributed by atoms with Crippen molar-refractivity contribution >= 4 is 15.8 Å². The number of hydrogen-bond acceptors (Lipinski definition) is 6. The Morgan fingerprint density at radius 2 is 2.11 bits per heavy atom. The maximum Gasteiger partial charge on any atom is 0.243 e. The van der Waals surface area contributed by atoms with Crippen molar-refractivity contribution in [1.29, 1.82) is 0 Å². The number of carbonyl (C=O) groups excluding carboxylic acids is 1. The number of Topliss-reactive ketones (excluding diaryl/α,β-unsaturated/α-hetero) is 1. The molecule has 1 aliphatic carbocycles. The van der Waals surface area contributed by atoms with Crippen LogP contribution < -0.4 is 0 Å². The van der Waals surface area contributed by atoms with Gasteiger partial charge in [0, 0.05) is 31.0 Å². The SMILES string of the molecule is CC(=O)c1cccc(S(=O)(=O)N2CCCC(Cc3nc(C4CC4)no3)C2)c1. The van der Waals surface area contributed by atoms with E-state index in [1.807, 2.05) is 0 Å². The van der Waals surface area contributed by atoms with Crippen LogP contribution in [0.25, 0.3) is 0 Å². The summed E-state index contributed by atoms with van der Waals surface area (Å²) in [6.07, 6.45) is 4.56. The second kappa shape index (κ2) is 7.16. The molecular formula is C19H23N3O4S. The summed E-state index contributed by atoms with van der Waals surface area (Å²) >= 11 is 0. The standard InChI is InChI=1S/C19H23N3O4S/c1-13(23)16-5-2-6-17(11-16)27(24,25)22-9-3-4-14(12-22)10-18-20-19(21-26-18)15-7-8-15/h2,5-6,11,14-15H,3-4,7-10,12H2,1H3. The van der Waals surface area contributed by atoms with Gasteiger partial charge in [-0.1, -0.05) is 17.3 Å². The zero-order chi connectivity index (χ0) is 19.0. The summed E-state index contributed by atoms with van der Waals surface area (Å²) in [4.78, 5) is 16.2. The zero-order valence-electron chi connectivity index (χ0n) is 15.3. The Labute approximate surface area is 158 Å². The van der Waals surface area contributed by atoms with Crippen molar-refractivity contribution in [2.75, 3.05) is 13.1 Å². The normalized spacial score (nSPS) is 21.3. The fourth-order valence-electron chi connectivity index (χ4n) is 3.54. The van der Waals surface area contributed by atoms with Gasteiger partial charge < -0.3 is 4.52 Å². The number of rotatable bonds is 6. The summed E-state index contributed by atoms with van der Waals surface area (Å²) < 4.78 is 32.9. The molecule has 8 heteroatoms. The molecule has 0 N–H and O–H groups in total. The van der Waals surface area contributed by atoms with Crippen LogP contribution in [-0.2, 0) is 16.4 Å². The second-order valence-electron chi connectivity index (χ2n) is 7.48. The maximum absolute atomic E-state index is 13.0. The third-order valence-corrected chi connectivity index (χ3v) is 7.11. The molecule has 1 saturated heterocycles. The Bertz CT molecular complexity index is 949. The molecule has 4 rings (SSSR count). The molecule has 1 unspecified atom stereocenters. The van der Waals surface area contributed by atoms with Gasteiger partial charge >= 0.3 is 0 Å². The molecule has 0 radical (unpaired) electrons. The first-order chi connectivity index (χ1) is 12.9. The Hall–Kier alpha value is -2.06. The van der Waals surface area contributed by atoms with E-state index in [2.05, 4.69) is 10.1 Å². The monoisotopic (exact) mass is 389 g/mol. The van der Waals surface area contributed by atoms with Gasteiger partial charge in [0.2, 0.25) is 15.9 Å². The lowest BCUT2D eigenvalue weighted by Gasteiger charge is -2.31. The van der Waals surface area contributed by atoms with Crippen molar-refractivity contribution in [3.63, 3.8) is 0 Å². The summed E-state index contributed by atoms with van der Waals surface area (Å²) in [5, 5.41) is 4.04. The van der Waals surface area contributed by atoms with Crippen LogP contribution >= 0.6 is 0 Å². The number of carbonyl (C=O) groups is 1.